The molecule has 0 atom stereocenters. The number of para-hydroxylation sites is 2. The van der Waals surface area contributed by atoms with Crippen LogP contribution in [0.5, 0.6) is 5.75 Å². The van der Waals surface area contributed by atoms with E-state index in [1.54, 1.807) is 25.2 Å². The van der Waals surface area contributed by atoms with E-state index in [0.29, 0.717) is 17.3 Å². The van der Waals surface area contributed by atoms with E-state index in [2.05, 4.69) is 25.3 Å². The third kappa shape index (κ3) is 3.11. The molecule has 0 saturated carbocycles. The molecule has 0 aliphatic rings. The van der Waals surface area contributed by atoms with E-state index in [4.69, 9.17) is 0 Å². The second-order valence-electron chi connectivity index (χ2n) is 3.95. The molecule has 1 aromatic heterocycles. The van der Waals surface area contributed by atoms with Crippen LogP contribution in [0.25, 0.3) is 0 Å². The van der Waals surface area contributed by atoms with Crippen molar-refractivity contribution >= 4 is 17.3 Å². The first-order chi connectivity index (χ1) is 9.61. The Morgan fingerprint density at radius 3 is 2.55 bits per heavy atom. The normalized spacial score (nSPS) is 10.4. The summed E-state index contributed by atoms with van der Waals surface area (Å²) in [6, 6.07) is 6.44. The Bertz CT molecular complexity index is 592. The largest absolute Gasteiger partial charge is 0.433 e. The lowest BCUT2D eigenvalue weighted by Crippen LogP contribution is -2.06. The van der Waals surface area contributed by atoms with Crippen LogP contribution in [0.2, 0.25) is 0 Å². The molecule has 0 saturated heterocycles. The van der Waals surface area contributed by atoms with E-state index in [0.717, 1.165) is 5.56 Å². The van der Waals surface area contributed by atoms with Gasteiger partial charge in [0.15, 0.2) is 0 Å². The molecule has 2 aromatic rings. The molecular weight excluding hydrogens is 266 g/mol. The molecule has 7 heteroatoms. The lowest BCUT2D eigenvalue weighted by Gasteiger charge is -2.14. The van der Waals surface area contributed by atoms with Crippen molar-refractivity contribution in [3.8, 4) is 5.75 Å². The van der Waals surface area contributed by atoms with Crippen LogP contribution in [0.4, 0.5) is 26.1 Å². The molecule has 0 amide bonds. The van der Waals surface area contributed by atoms with Gasteiger partial charge in [-0.3, -0.25) is 0 Å². The zero-order chi connectivity index (χ0) is 14.5. The summed E-state index contributed by atoms with van der Waals surface area (Å²) in [6.07, 6.45) is 1.39. The van der Waals surface area contributed by atoms with E-state index >= 15 is 0 Å². The van der Waals surface area contributed by atoms with Gasteiger partial charge in [0.25, 0.3) is 0 Å². The van der Waals surface area contributed by atoms with Crippen LogP contribution >= 0.6 is 0 Å². The first-order valence-electron chi connectivity index (χ1n) is 5.92. The fraction of sp³-hybridized carbons (Fsp3) is 0.231. The van der Waals surface area contributed by atoms with Gasteiger partial charge in [-0.2, -0.15) is 8.78 Å². The Morgan fingerprint density at radius 2 is 1.85 bits per heavy atom. The number of ether oxygens (including phenoxy) is 1. The second kappa shape index (κ2) is 6.14. The van der Waals surface area contributed by atoms with E-state index < -0.39 is 6.61 Å². The van der Waals surface area contributed by atoms with Crippen LogP contribution in [0, 0.1) is 6.92 Å². The van der Waals surface area contributed by atoms with Crippen LogP contribution in [0.1, 0.15) is 5.56 Å². The number of anilines is 3. The van der Waals surface area contributed by atoms with Gasteiger partial charge < -0.3 is 15.4 Å². The first kappa shape index (κ1) is 14.0. The van der Waals surface area contributed by atoms with Crippen molar-refractivity contribution < 1.29 is 13.5 Å². The van der Waals surface area contributed by atoms with Crippen LogP contribution in [0.3, 0.4) is 0 Å². The minimum atomic E-state index is -2.88. The summed E-state index contributed by atoms with van der Waals surface area (Å²) in [4.78, 5) is 8.15. The predicted molar refractivity (Wildman–Crippen MR) is 72.7 cm³/mol. The highest BCUT2D eigenvalue weighted by Crippen LogP contribution is 2.30. The molecule has 2 rings (SSSR count). The van der Waals surface area contributed by atoms with E-state index in [-0.39, 0.29) is 5.75 Å². The second-order valence-corrected chi connectivity index (χ2v) is 3.95. The van der Waals surface area contributed by atoms with Gasteiger partial charge in [0, 0.05) is 12.6 Å². The molecule has 1 heterocycles. The SMILES string of the molecule is CNc1ncnc(Nc2ccccc2OC(F)F)c1C. The van der Waals surface area contributed by atoms with Crippen molar-refractivity contribution in [2.24, 2.45) is 0 Å². The van der Waals surface area contributed by atoms with E-state index in [9.17, 15) is 8.78 Å². The van der Waals surface area contributed by atoms with Crippen molar-refractivity contribution in [2.75, 3.05) is 17.7 Å². The third-order valence-corrected chi connectivity index (χ3v) is 2.68. The molecule has 0 radical (unpaired) electrons. The van der Waals surface area contributed by atoms with Gasteiger partial charge in [-0.15, -0.1) is 0 Å². The number of hydrogen-bond donors (Lipinski definition) is 2. The molecule has 0 aliphatic heterocycles. The summed E-state index contributed by atoms with van der Waals surface area (Å²) in [6.45, 7) is -1.05. The molecule has 20 heavy (non-hydrogen) atoms. The van der Waals surface area contributed by atoms with Crippen LogP contribution < -0.4 is 15.4 Å². The monoisotopic (exact) mass is 280 g/mol. The number of alkyl halides is 2. The molecule has 106 valence electrons. The van der Waals surface area contributed by atoms with Gasteiger partial charge in [-0.25, -0.2) is 9.97 Å². The topological polar surface area (TPSA) is 59.1 Å². The minimum absolute atomic E-state index is 0.0616. The van der Waals surface area contributed by atoms with Crippen molar-refractivity contribution in [1.82, 2.24) is 9.97 Å². The highest BCUT2D eigenvalue weighted by atomic mass is 19.3. The molecule has 5 nitrogen and oxygen atoms in total. The smallest absolute Gasteiger partial charge is 0.387 e. The van der Waals surface area contributed by atoms with Crippen molar-refractivity contribution in [2.45, 2.75) is 13.5 Å². The van der Waals surface area contributed by atoms with Gasteiger partial charge in [-0.05, 0) is 19.1 Å². The van der Waals surface area contributed by atoms with Gasteiger partial charge in [-0.1, -0.05) is 12.1 Å². The van der Waals surface area contributed by atoms with Crippen molar-refractivity contribution in [3.63, 3.8) is 0 Å². The summed E-state index contributed by atoms with van der Waals surface area (Å²) in [5.41, 5.74) is 1.19. The molecule has 0 aliphatic carbocycles. The first-order valence-corrected chi connectivity index (χ1v) is 5.92. The number of hydrogen-bond acceptors (Lipinski definition) is 5. The highest BCUT2D eigenvalue weighted by Gasteiger charge is 2.11. The number of nitrogens with one attached hydrogen (secondary N) is 2. The number of aromatic nitrogens is 2. The Morgan fingerprint density at radius 1 is 1.15 bits per heavy atom. The average molecular weight is 280 g/mol. The summed E-state index contributed by atoms with van der Waals surface area (Å²) < 4.78 is 29.2. The summed E-state index contributed by atoms with van der Waals surface area (Å²) >= 11 is 0. The maximum absolute atomic E-state index is 12.4. The summed E-state index contributed by atoms with van der Waals surface area (Å²) in [5.74, 6) is 1.25. The van der Waals surface area contributed by atoms with E-state index in [1.807, 2.05) is 6.92 Å². The van der Waals surface area contributed by atoms with Gasteiger partial charge >= 0.3 is 6.61 Å². The molecule has 2 N–H and O–H groups in total. The molecule has 0 unspecified atom stereocenters. The number of rotatable bonds is 5. The fourth-order valence-corrected chi connectivity index (χ4v) is 1.72. The Balaban J connectivity index is 2.30. The highest BCUT2D eigenvalue weighted by molar-refractivity contribution is 5.68. The molecule has 0 bridgehead atoms. The van der Waals surface area contributed by atoms with Crippen LogP contribution in [-0.4, -0.2) is 23.6 Å². The molecule has 0 spiro atoms. The Kier molecular flexibility index (Phi) is 4.29. The maximum atomic E-state index is 12.4. The predicted octanol–water partition coefficient (Wildman–Crippen LogP) is 3.17. The van der Waals surface area contributed by atoms with Gasteiger partial charge in [0.1, 0.15) is 23.7 Å². The Hall–Kier alpha value is -2.44. The number of benzene rings is 1. The minimum Gasteiger partial charge on any atom is -0.433 e. The summed E-state index contributed by atoms with van der Waals surface area (Å²) in [7, 11) is 1.74. The lowest BCUT2D eigenvalue weighted by atomic mass is 10.2. The van der Waals surface area contributed by atoms with Crippen molar-refractivity contribution in [3.05, 3.63) is 36.2 Å². The summed E-state index contributed by atoms with van der Waals surface area (Å²) in [5, 5.41) is 5.90. The number of nitrogens with zero attached hydrogens (tertiary/aromatic N) is 2. The molecule has 1 aromatic carbocycles. The van der Waals surface area contributed by atoms with Crippen LogP contribution in [-0.2, 0) is 0 Å². The zero-order valence-corrected chi connectivity index (χ0v) is 11.0. The van der Waals surface area contributed by atoms with Gasteiger partial charge in [0.2, 0.25) is 0 Å². The molecule has 0 fully saturated rings. The fourth-order valence-electron chi connectivity index (χ4n) is 1.72. The lowest BCUT2D eigenvalue weighted by molar-refractivity contribution is -0.0493. The van der Waals surface area contributed by atoms with E-state index in [1.165, 1.54) is 12.4 Å². The third-order valence-electron chi connectivity index (χ3n) is 2.68. The van der Waals surface area contributed by atoms with Crippen molar-refractivity contribution in [1.29, 1.82) is 0 Å². The van der Waals surface area contributed by atoms with Gasteiger partial charge in [0.05, 0.1) is 5.69 Å². The zero-order valence-electron chi connectivity index (χ0n) is 11.0. The quantitative estimate of drug-likeness (QED) is 0.881. The average Bonchev–Trinajstić information content (AvgIpc) is 2.42. The number of halogens is 2. The molecular formula is C13H14F2N4O. The van der Waals surface area contributed by atoms with Crippen LogP contribution in [0.15, 0.2) is 30.6 Å². The Labute approximate surface area is 115 Å². The maximum Gasteiger partial charge on any atom is 0.387 e. The standard InChI is InChI=1S/C13H14F2N4O/c1-8-11(16-2)17-7-18-12(8)19-9-5-3-4-6-10(9)20-13(14)15/h3-7,13H,1-2H3,(H2,16,17,18,19).